The maximum Gasteiger partial charge on any atom is 0.271 e. The van der Waals surface area contributed by atoms with Gasteiger partial charge in [0, 0.05) is 19.2 Å². The molecule has 4 aromatic rings. The number of nitrogens with zero attached hydrogens (tertiary/aromatic N) is 3. The zero-order chi connectivity index (χ0) is 18.1. The van der Waals surface area contributed by atoms with Gasteiger partial charge >= 0.3 is 0 Å². The summed E-state index contributed by atoms with van der Waals surface area (Å²) >= 11 is 0. The van der Waals surface area contributed by atoms with Crippen molar-refractivity contribution in [3.8, 4) is 0 Å². The Morgan fingerprint density at radius 3 is 2.81 bits per heavy atom. The Morgan fingerprint density at radius 2 is 1.96 bits per heavy atom. The quantitative estimate of drug-likeness (QED) is 0.589. The third kappa shape index (κ3) is 2.83. The van der Waals surface area contributed by atoms with Crippen LogP contribution in [0.3, 0.4) is 0 Å². The van der Waals surface area contributed by atoms with E-state index in [1.54, 1.807) is 18.2 Å². The number of aromatic amines is 1. The van der Waals surface area contributed by atoms with E-state index in [1.807, 2.05) is 41.8 Å². The second-order valence-corrected chi connectivity index (χ2v) is 6.01. The SMILES string of the molecule is Cc1c(C(=O)NCCc2nc3ccccc3c(=O)[nH]2)nc2ccccn12. The standard InChI is InChI=1S/C19H17N5O2/c1-12-17(23-16-8-4-5-11-24(12)16)19(26)20-10-9-15-21-14-7-3-2-6-13(14)18(25)22-15/h2-8,11H,9-10H2,1H3,(H,20,26)(H,21,22,25). The van der Waals surface area contributed by atoms with Crippen molar-refractivity contribution < 1.29 is 4.79 Å². The van der Waals surface area contributed by atoms with E-state index in [4.69, 9.17) is 0 Å². The molecule has 0 bridgehead atoms. The van der Waals surface area contributed by atoms with E-state index >= 15 is 0 Å². The zero-order valence-electron chi connectivity index (χ0n) is 14.2. The summed E-state index contributed by atoms with van der Waals surface area (Å²) in [6.07, 6.45) is 2.30. The smallest absolute Gasteiger partial charge is 0.271 e. The molecule has 0 saturated carbocycles. The largest absolute Gasteiger partial charge is 0.350 e. The molecule has 0 unspecified atom stereocenters. The number of fused-ring (bicyclic) bond motifs is 2. The summed E-state index contributed by atoms with van der Waals surface area (Å²) in [5.41, 5.74) is 2.39. The number of aromatic nitrogens is 4. The van der Waals surface area contributed by atoms with Gasteiger partial charge in [0.05, 0.1) is 16.6 Å². The van der Waals surface area contributed by atoms with Gasteiger partial charge in [-0.3, -0.25) is 9.59 Å². The molecular formula is C19H17N5O2. The number of nitrogens with one attached hydrogen (secondary N) is 2. The van der Waals surface area contributed by atoms with Gasteiger partial charge in [0.25, 0.3) is 11.5 Å². The summed E-state index contributed by atoms with van der Waals surface area (Å²) in [5.74, 6) is 0.301. The van der Waals surface area contributed by atoms with Crippen molar-refractivity contribution in [3.63, 3.8) is 0 Å². The summed E-state index contributed by atoms with van der Waals surface area (Å²) < 4.78 is 1.87. The molecule has 4 rings (SSSR count). The first-order valence-corrected chi connectivity index (χ1v) is 8.33. The predicted molar refractivity (Wildman–Crippen MR) is 98.3 cm³/mol. The number of amides is 1. The van der Waals surface area contributed by atoms with Crippen LogP contribution in [0.15, 0.2) is 53.5 Å². The first kappa shape index (κ1) is 16.0. The summed E-state index contributed by atoms with van der Waals surface area (Å²) in [4.78, 5) is 36.1. The second-order valence-electron chi connectivity index (χ2n) is 6.01. The average Bonchev–Trinajstić information content (AvgIpc) is 2.99. The van der Waals surface area contributed by atoms with Gasteiger partial charge in [-0.2, -0.15) is 0 Å². The lowest BCUT2D eigenvalue weighted by molar-refractivity contribution is 0.0949. The fourth-order valence-electron chi connectivity index (χ4n) is 2.96. The van der Waals surface area contributed by atoms with E-state index in [0.717, 1.165) is 11.3 Å². The first-order valence-electron chi connectivity index (χ1n) is 8.33. The highest BCUT2D eigenvalue weighted by Gasteiger charge is 2.15. The highest BCUT2D eigenvalue weighted by molar-refractivity contribution is 5.94. The molecule has 0 aliphatic rings. The number of hydrogen-bond donors (Lipinski definition) is 2. The number of pyridine rings is 1. The molecule has 0 aliphatic carbocycles. The van der Waals surface area contributed by atoms with Gasteiger partial charge in [-0.1, -0.05) is 18.2 Å². The van der Waals surface area contributed by atoms with Crippen molar-refractivity contribution in [1.82, 2.24) is 24.7 Å². The summed E-state index contributed by atoms with van der Waals surface area (Å²) in [7, 11) is 0. The third-order valence-corrected chi connectivity index (χ3v) is 4.29. The van der Waals surface area contributed by atoms with Gasteiger partial charge < -0.3 is 14.7 Å². The maximum absolute atomic E-state index is 12.4. The van der Waals surface area contributed by atoms with E-state index in [0.29, 0.717) is 35.4 Å². The fourth-order valence-corrected chi connectivity index (χ4v) is 2.96. The van der Waals surface area contributed by atoms with Crippen LogP contribution in [0.5, 0.6) is 0 Å². The van der Waals surface area contributed by atoms with E-state index < -0.39 is 0 Å². The normalized spacial score (nSPS) is 11.1. The molecule has 1 aromatic carbocycles. The van der Waals surface area contributed by atoms with Crippen LogP contribution in [0.2, 0.25) is 0 Å². The fraction of sp³-hybridized carbons (Fsp3) is 0.158. The molecule has 0 radical (unpaired) electrons. The molecule has 7 heteroatoms. The molecule has 3 aromatic heterocycles. The number of rotatable bonds is 4. The Hall–Kier alpha value is -3.48. The molecule has 26 heavy (non-hydrogen) atoms. The average molecular weight is 347 g/mol. The molecule has 0 saturated heterocycles. The molecule has 7 nitrogen and oxygen atoms in total. The van der Waals surface area contributed by atoms with Crippen molar-refractivity contribution in [3.05, 3.63) is 76.2 Å². The highest BCUT2D eigenvalue weighted by Crippen LogP contribution is 2.11. The Bertz CT molecular complexity index is 1180. The number of imidazole rings is 1. The van der Waals surface area contributed by atoms with Gasteiger partial charge in [0.1, 0.15) is 17.2 Å². The first-order chi connectivity index (χ1) is 12.6. The van der Waals surface area contributed by atoms with E-state index in [9.17, 15) is 9.59 Å². The number of carbonyl (C=O) groups is 1. The van der Waals surface area contributed by atoms with Crippen molar-refractivity contribution in [2.75, 3.05) is 6.54 Å². The van der Waals surface area contributed by atoms with Gasteiger partial charge in [-0.25, -0.2) is 9.97 Å². The minimum atomic E-state index is -0.241. The van der Waals surface area contributed by atoms with Crippen LogP contribution in [0, 0.1) is 6.92 Å². The summed E-state index contributed by atoms with van der Waals surface area (Å²) in [6.45, 7) is 2.21. The third-order valence-electron chi connectivity index (χ3n) is 4.29. The van der Waals surface area contributed by atoms with E-state index in [1.165, 1.54) is 0 Å². The van der Waals surface area contributed by atoms with Crippen LogP contribution >= 0.6 is 0 Å². The van der Waals surface area contributed by atoms with Gasteiger partial charge in [0.15, 0.2) is 0 Å². The van der Waals surface area contributed by atoms with Gasteiger partial charge in [-0.15, -0.1) is 0 Å². The van der Waals surface area contributed by atoms with Crippen LogP contribution < -0.4 is 10.9 Å². The van der Waals surface area contributed by atoms with Crippen molar-refractivity contribution in [2.45, 2.75) is 13.3 Å². The minimum Gasteiger partial charge on any atom is -0.350 e. The minimum absolute atomic E-state index is 0.173. The molecule has 0 atom stereocenters. The molecule has 2 N–H and O–H groups in total. The molecule has 3 heterocycles. The van der Waals surface area contributed by atoms with Crippen LogP contribution in [-0.4, -0.2) is 31.8 Å². The van der Waals surface area contributed by atoms with Crippen LogP contribution in [0.4, 0.5) is 0 Å². The lowest BCUT2D eigenvalue weighted by Crippen LogP contribution is -2.27. The Morgan fingerprint density at radius 1 is 1.15 bits per heavy atom. The Balaban J connectivity index is 1.48. The zero-order valence-corrected chi connectivity index (χ0v) is 14.2. The number of H-pyrrole nitrogens is 1. The lowest BCUT2D eigenvalue weighted by atomic mass is 10.2. The van der Waals surface area contributed by atoms with Crippen LogP contribution in [0.1, 0.15) is 22.0 Å². The number of carbonyl (C=O) groups excluding carboxylic acids is 1. The topological polar surface area (TPSA) is 92.1 Å². The number of hydrogen-bond acceptors (Lipinski definition) is 4. The molecule has 130 valence electrons. The van der Waals surface area contributed by atoms with E-state index in [2.05, 4.69) is 20.3 Å². The molecule has 0 spiro atoms. The highest BCUT2D eigenvalue weighted by atomic mass is 16.2. The summed E-state index contributed by atoms with van der Waals surface area (Å²) in [6, 6.07) is 12.8. The number of para-hydroxylation sites is 1. The van der Waals surface area contributed by atoms with Gasteiger partial charge in [0.2, 0.25) is 0 Å². The Labute approximate surface area is 148 Å². The molecule has 1 amide bonds. The molecular weight excluding hydrogens is 330 g/mol. The van der Waals surface area contributed by atoms with Crippen LogP contribution in [-0.2, 0) is 6.42 Å². The number of aryl methyl sites for hydroxylation is 1. The molecule has 0 fully saturated rings. The second kappa shape index (κ2) is 6.44. The maximum atomic E-state index is 12.4. The van der Waals surface area contributed by atoms with Crippen LogP contribution in [0.25, 0.3) is 16.6 Å². The summed E-state index contributed by atoms with van der Waals surface area (Å²) in [5, 5.41) is 3.40. The number of benzene rings is 1. The van der Waals surface area contributed by atoms with Crippen molar-refractivity contribution >= 4 is 22.5 Å². The predicted octanol–water partition coefficient (Wildman–Crippen LogP) is 1.85. The van der Waals surface area contributed by atoms with Crippen molar-refractivity contribution in [2.24, 2.45) is 0 Å². The lowest BCUT2D eigenvalue weighted by Gasteiger charge is -2.05. The van der Waals surface area contributed by atoms with E-state index in [-0.39, 0.29) is 11.5 Å². The monoisotopic (exact) mass is 347 g/mol. The molecule has 0 aliphatic heterocycles. The van der Waals surface area contributed by atoms with Gasteiger partial charge in [-0.05, 0) is 31.2 Å². The van der Waals surface area contributed by atoms with Crippen molar-refractivity contribution in [1.29, 1.82) is 0 Å². The Kier molecular flexibility index (Phi) is 3.96.